The Labute approximate surface area is 220 Å². The Balaban J connectivity index is 1.58. The van der Waals surface area contributed by atoms with Crippen LogP contribution >= 0.6 is 11.6 Å². The van der Waals surface area contributed by atoms with Gasteiger partial charge in [-0.05, 0) is 41.0 Å². The molecule has 37 heavy (non-hydrogen) atoms. The highest BCUT2D eigenvalue weighted by molar-refractivity contribution is 6.34. The molecule has 0 aliphatic carbocycles. The second-order valence-electron chi connectivity index (χ2n) is 9.45. The van der Waals surface area contributed by atoms with Crippen molar-refractivity contribution in [3.63, 3.8) is 0 Å². The fourth-order valence-corrected chi connectivity index (χ4v) is 5.61. The van der Waals surface area contributed by atoms with Crippen LogP contribution in [0, 0.1) is 5.82 Å². The van der Waals surface area contributed by atoms with Gasteiger partial charge >= 0.3 is 0 Å². The minimum atomic E-state index is -0.420. The Morgan fingerprint density at radius 2 is 1.89 bits per heavy atom. The van der Waals surface area contributed by atoms with Crippen molar-refractivity contribution in [1.82, 2.24) is 9.80 Å². The maximum absolute atomic E-state index is 16.6. The molecule has 1 saturated heterocycles. The predicted octanol–water partition coefficient (Wildman–Crippen LogP) is 4.43. The van der Waals surface area contributed by atoms with E-state index in [1.165, 1.54) is 0 Å². The van der Waals surface area contributed by atoms with Crippen LogP contribution in [-0.4, -0.2) is 72.6 Å². The number of aliphatic imine (C=N–C) groups is 1. The number of amides is 1. The summed E-state index contributed by atoms with van der Waals surface area (Å²) < 4.78 is 16.6. The van der Waals surface area contributed by atoms with Gasteiger partial charge in [-0.1, -0.05) is 42.8 Å². The molecule has 3 aromatic rings. The second kappa shape index (κ2) is 10.6. The molecule has 0 aromatic heterocycles. The fourth-order valence-electron chi connectivity index (χ4n) is 5.32. The van der Waals surface area contributed by atoms with Crippen LogP contribution in [0.25, 0.3) is 21.9 Å². The third-order valence-corrected chi connectivity index (χ3v) is 7.34. The van der Waals surface area contributed by atoms with Gasteiger partial charge in [-0.15, -0.1) is 0 Å². The van der Waals surface area contributed by atoms with Crippen molar-refractivity contribution in [3.8, 4) is 16.9 Å². The first kappa shape index (κ1) is 25.3. The maximum atomic E-state index is 16.6. The number of benzene rings is 3. The molecule has 0 atom stereocenters. The number of carbonyl (C=O) groups is 1. The van der Waals surface area contributed by atoms with Crippen molar-refractivity contribution in [2.45, 2.75) is 19.8 Å². The summed E-state index contributed by atoms with van der Waals surface area (Å²) in [5.41, 5.74) is 7.49. The van der Waals surface area contributed by atoms with Crippen molar-refractivity contribution >= 4 is 39.8 Å². The number of anilines is 1. The zero-order chi connectivity index (χ0) is 26.1. The number of hydrogen-bond donors (Lipinski definition) is 2. The van der Waals surface area contributed by atoms with Crippen molar-refractivity contribution in [2.24, 2.45) is 10.7 Å². The maximum Gasteiger partial charge on any atom is 0.223 e. The largest absolute Gasteiger partial charge is 0.508 e. The number of piperazine rings is 1. The third kappa shape index (κ3) is 4.71. The van der Waals surface area contributed by atoms with E-state index < -0.39 is 5.82 Å². The molecule has 2 heterocycles. The lowest BCUT2D eigenvalue weighted by atomic mass is 9.94. The van der Waals surface area contributed by atoms with Crippen LogP contribution in [0.1, 0.15) is 25.3 Å². The second-order valence-corrected chi connectivity index (χ2v) is 9.86. The third-order valence-electron chi connectivity index (χ3n) is 7.04. The molecule has 1 amide bonds. The van der Waals surface area contributed by atoms with E-state index in [4.69, 9.17) is 22.3 Å². The monoisotopic (exact) mass is 523 g/mol. The number of phenols is 1. The van der Waals surface area contributed by atoms with E-state index in [-0.39, 0.29) is 22.2 Å². The Bertz CT molecular complexity index is 1370. The molecule has 194 valence electrons. The first-order valence-corrected chi connectivity index (χ1v) is 13.1. The highest BCUT2D eigenvalue weighted by atomic mass is 35.5. The number of aromatic hydroxyl groups is 1. The lowest BCUT2D eigenvalue weighted by molar-refractivity contribution is -0.132. The van der Waals surface area contributed by atoms with Crippen molar-refractivity contribution in [3.05, 3.63) is 58.9 Å². The van der Waals surface area contributed by atoms with Crippen molar-refractivity contribution < 1.29 is 14.3 Å². The average molecular weight is 524 g/mol. The van der Waals surface area contributed by atoms with Gasteiger partial charge in [0.1, 0.15) is 18.3 Å². The van der Waals surface area contributed by atoms with E-state index in [0.29, 0.717) is 75.0 Å². The number of amidine groups is 1. The van der Waals surface area contributed by atoms with Gasteiger partial charge in [0.25, 0.3) is 0 Å². The molecule has 2 aliphatic rings. The number of hydrogen-bond acceptors (Lipinski definition) is 6. The molecule has 3 aromatic carbocycles. The van der Waals surface area contributed by atoms with Gasteiger partial charge in [0.15, 0.2) is 5.82 Å². The summed E-state index contributed by atoms with van der Waals surface area (Å²) in [6.07, 6.45) is 1.17. The molecule has 9 heteroatoms. The lowest BCUT2D eigenvalue weighted by Gasteiger charge is -2.40. The SMILES string of the molecule is CCCN1CN=C(N2CCN(C(=O)CCN)CC2)c2cc(Cl)c(-c3cc(O)cc4ccccc34)c(F)c21. The first-order chi connectivity index (χ1) is 17.9. The van der Waals surface area contributed by atoms with Gasteiger partial charge in [0.2, 0.25) is 5.91 Å². The molecular weight excluding hydrogens is 493 g/mol. The Kier molecular flexibility index (Phi) is 7.22. The zero-order valence-corrected chi connectivity index (χ0v) is 21.6. The molecule has 0 saturated carbocycles. The van der Waals surface area contributed by atoms with Crippen LogP contribution in [0.4, 0.5) is 10.1 Å². The quantitative estimate of drug-likeness (QED) is 0.516. The smallest absolute Gasteiger partial charge is 0.223 e. The van der Waals surface area contributed by atoms with Gasteiger partial charge in [0.05, 0.1) is 10.7 Å². The Morgan fingerprint density at radius 3 is 2.62 bits per heavy atom. The van der Waals surface area contributed by atoms with Crippen LogP contribution in [-0.2, 0) is 4.79 Å². The molecule has 0 radical (unpaired) electrons. The molecule has 2 aliphatic heterocycles. The van der Waals surface area contributed by atoms with Gasteiger partial charge in [-0.3, -0.25) is 4.79 Å². The highest BCUT2D eigenvalue weighted by Gasteiger charge is 2.32. The van der Waals surface area contributed by atoms with Crippen LogP contribution in [0.3, 0.4) is 0 Å². The number of rotatable bonds is 5. The Morgan fingerprint density at radius 1 is 1.14 bits per heavy atom. The van der Waals surface area contributed by atoms with Crippen molar-refractivity contribution in [1.29, 1.82) is 0 Å². The number of halogens is 2. The number of nitrogens with two attached hydrogens (primary N) is 1. The van der Waals surface area contributed by atoms with E-state index in [0.717, 1.165) is 17.2 Å². The van der Waals surface area contributed by atoms with E-state index in [2.05, 4.69) is 4.90 Å². The number of fused-ring (bicyclic) bond motifs is 2. The standard InChI is InChI=1S/C28H31ClFN5O2/c1-2-9-35-17-32-28(34-12-10-33(11-13-34)24(37)7-8-31)22-16-23(29)25(26(30)27(22)35)21-15-19(36)14-18-5-3-4-6-20(18)21/h3-6,14-16,36H,2,7-13,17,31H2,1H3. The molecule has 7 nitrogen and oxygen atoms in total. The van der Waals surface area contributed by atoms with Crippen LogP contribution in [0.5, 0.6) is 5.75 Å². The Hall–Kier alpha value is -3.36. The molecular formula is C28H31ClFN5O2. The van der Waals surface area contributed by atoms with Crippen molar-refractivity contribution in [2.75, 3.05) is 50.8 Å². The topological polar surface area (TPSA) is 85.4 Å². The van der Waals surface area contributed by atoms with E-state index in [9.17, 15) is 9.90 Å². The number of carbonyl (C=O) groups excluding carboxylic acids is 1. The average Bonchev–Trinajstić information content (AvgIpc) is 2.89. The first-order valence-electron chi connectivity index (χ1n) is 12.7. The highest BCUT2D eigenvalue weighted by Crippen LogP contribution is 2.44. The molecule has 5 rings (SSSR count). The van der Waals surface area contributed by atoms with Crippen LogP contribution < -0.4 is 10.6 Å². The molecule has 3 N–H and O–H groups in total. The summed E-state index contributed by atoms with van der Waals surface area (Å²) in [7, 11) is 0. The molecule has 0 unspecified atom stereocenters. The predicted molar refractivity (Wildman–Crippen MR) is 147 cm³/mol. The number of phenolic OH excluding ortho intramolecular Hbond substituents is 1. The summed E-state index contributed by atoms with van der Waals surface area (Å²) in [6, 6.07) is 12.6. The lowest BCUT2D eigenvalue weighted by Crippen LogP contribution is -2.52. The van der Waals surface area contributed by atoms with E-state index >= 15 is 4.39 Å². The van der Waals surface area contributed by atoms with E-state index in [1.54, 1.807) is 18.2 Å². The van der Waals surface area contributed by atoms with Crippen LogP contribution in [0.15, 0.2) is 47.5 Å². The minimum absolute atomic E-state index is 0.0524. The van der Waals surface area contributed by atoms with Gasteiger partial charge in [-0.25, -0.2) is 9.38 Å². The molecule has 1 fully saturated rings. The summed E-state index contributed by atoms with van der Waals surface area (Å²) >= 11 is 6.80. The summed E-state index contributed by atoms with van der Waals surface area (Å²) in [6.45, 7) is 5.69. The fraction of sp³-hybridized carbons (Fsp3) is 0.357. The normalized spacial score (nSPS) is 15.7. The molecule has 0 spiro atoms. The summed E-state index contributed by atoms with van der Waals surface area (Å²) in [4.78, 5) is 23.0. The van der Waals surface area contributed by atoms with Gasteiger partial charge in [-0.2, -0.15) is 0 Å². The van der Waals surface area contributed by atoms with Gasteiger partial charge < -0.3 is 25.5 Å². The number of nitrogens with zero attached hydrogens (tertiary/aromatic N) is 4. The van der Waals surface area contributed by atoms with Crippen LogP contribution in [0.2, 0.25) is 5.02 Å². The minimum Gasteiger partial charge on any atom is -0.508 e. The molecule has 0 bridgehead atoms. The van der Waals surface area contributed by atoms with Gasteiger partial charge in [0, 0.05) is 56.8 Å². The summed E-state index contributed by atoms with van der Waals surface area (Å²) in [5, 5.41) is 12.3. The zero-order valence-electron chi connectivity index (χ0n) is 20.9. The van der Waals surface area contributed by atoms with E-state index in [1.807, 2.05) is 41.0 Å². The summed E-state index contributed by atoms with van der Waals surface area (Å²) in [5.74, 6) is 0.383.